The Balaban J connectivity index is 2.40. The molecular formula is C16H28N2O2S. The lowest BCUT2D eigenvalue weighted by atomic mass is 10.0. The fourth-order valence-corrected chi connectivity index (χ4v) is 3.17. The zero-order valence-electron chi connectivity index (χ0n) is 13.2. The lowest BCUT2D eigenvalue weighted by molar-refractivity contribution is 0.448. The van der Waals surface area contributed by atoms with Crippen LogP contribution in [0.5, 0.6) is 0 Å². The normalized spacial score (nSPS) is 13.2. The van der Waals surface area contributed by atoms with Gasteiger partial charge in [-0.25, -0.2) is 8.42 Å². The largest absolute Gasteiger partial charge is 0.314 e. The van der Waals surface area contributed by atoms with Gasteiger partial charge >= 0.3 is 0 Å². The van der Waals surface area contributed by atoms with Gasteiger partial charge in [-0.3, -0.25) is 4.98 Å². The summed E-state index contributed by atoms with van der Waals surface area (Å²) in [5.41, 5.74) is 1.24. The highest BCUT2D eigenvalue weighted by molar-refractivity contribution is 7.91. The quantitative estimate of drug-likeness (QED) is 0.682. The second kappa shape index (κ2) is 9.90. The summed E-state index contributed by atoms with van der Waals surface area (Å²) < 4.78 is 23.1. The average Bonchev–Trinajstić information content (AvgIpc) is 2.50. The summed E-state index contributed by atoms with van der Waals surface area (Å²) >= 11 is 0. The summed E-state index contributed by atoms with van der Waals surface area (Å²) in [6.07, 6.45) is 8.44. The lowest BCUT2D eigenvalue weighted by Gasteiger charge is -2.18. The lowest BCUT2D eigenvalue weighted by Crippen LogP contribution is -2.31. The van der Waals surface area contributed by atoms with E-state index >= 15 is 0 Å². The molecule has 1 rings (SSSR count). The molecule has 0 saturated heterocycles. The van der Waals surface area contributed by atoms with Gasteiger partial charge in [0, 0.05) is 24.2 Å². The first-order valence-electron chi connectivity index (χ1n) is 7.90. The Kier molecular flexibility index (Phi) is 8.54. The van der Waals surface area contributed by atoms with Crippen molar-refractivity contribution in [3.05, 3.63) is 30.1 Å². The molecule has 120 valence electrons. The highest BCUT2D eigenvalue weighted by atomic mass is 32.2. The monoisotopic (exact) mass is 312 g/mol. The van der Waals surface area contributed by atoms with E-state index in [1.807, 2.05) is 12.3 Å². The van der Waals surface area contributed by atoms with E-state index in [1.54, 1.807) is 13.1 Å². The fraction of sp³-hybridized carbons (Fsp3) is 0.688. The molecule has 0 fully saturated rings. The van der Waals surface area contributed by atoms with Crippen molar-refractivity contribution < 1.29 is 8.42 Å². The van der Waals surface area contributed by atoms with E-state index in [4.69, 9.17) is 0 Å². The van der Waals surface area contributed by atoms with Crippen molar-refractivity contribution in [2.75, 3.05) is 18.1 Å². The van der Waals surface area contributed by atoms with Crippen molar-refractivity contribution in [3.8, 4) is 0 Å². The molecule has 1 aromatic rings. The summed E-state index contributed by atoms with van der Waals surface area (Å²) in [7, 11) is -2.84. The van der Waals surface area contributed by atoms with Gasteiger partial charge in [-0.1, -0.05) is 19.9 Å². The molecule has 0 saturated carbocycles. The van der Waals surface area contributed by atoms with Crippen molar-refractivity contribution in [2.45, 2.75) is 52.0 Å². The number of sulfone groups is 1. The van der Waals surface area contributed by atoms with Crippen LogP contribution in [0.15, 0.2) is 24.5 Å². The smallest absolute Gasteiger partial charge is 0.150 e. The third kappa shape index (κ3) is 8.17. The molecule has 1 atom stereocenters. The van der Waals surface area contributed by atoms with Crippen LogP contribution in [0, 0.1) is 0 Å². The average molecular weight is 312 g/mol. The number of rotatable bonds is 11. The SMILES string of the molecule is CCCNC(CCCS(=O)(=O)CC)CCc1cccnc1. The van der Waals surface area contributed by atoms with E-state index in [1.165, 1.54) is 5.56 Å². The van der Waals surface area contributed by atoms with Crippen LogP contribution in [0.25, 0.3) is 0 Å². The highest BCUT2D eigenvalue weighted by Crippen LogP contribution is 2.09. The molecule has 0 bridgehead atoms. The van der Waals surface area contributed by atoms with E-state index in [2.05, 4.69) is 23.3 Å². The third-order valence-corrected chi connectivity index (χ3v) is 5.43. The summed E-state index contributed by atoms with van der Waals surface area (Å²) in [4.78, 5) is 4.13. The first-order chi connectivity index (χ1) is 10.1. The van der Waals surface area contributed by atoms with Crippen LogP contribution < -0.4 is 5.32 Å². The minimum atomic E-state index is -2.84. The molecular weight excluding hydrogens is 284 g/mol. The molecule has 0 spiro atoms. The van der Waals surface area contributed by atoms with E-state index in [0.29, 0.717) is 11.8 Å². The molecule has 4 nitrogen and oxygen atoms in total. The molecule has 0 aromatic carbocycles. The summed E-state index contributed by atoms with van der Waals surface area (Å²) in [6.45, 7) is 4.84. The minimum Gasteiger partial charge on any atom is -0.314 e. The van der Waals surface area contributed by atoms with Crippen LogP contribution in [0.3, 0.4) is 0 Å². The van der Waals surface area contributed by atoms with Crippen LogP contribution in [-0.4, -0.2) is 37.5 Å². The number of nitrogens with one attached hydrogen (secondary N) is 1. The van der Waals surface area contributed by atoms with Crippen LogP contribution in [0.4, 0.5) is 0 Å². The first kappa shape index (κ1) is 18.1. The second-order valence-electron chi connectivity index (χ2n) is 5.43. The molecule has 0 amide bonds. The topological polar surface area (TPSA) is 59.1 Å². The molecule has 1 unspecified atom stereocenters. The predicted octanol–water partition coefficient (Wildman–Crippen LogP) is 2.60. The number of nitrogens with zero attached hydrogens (tertiary/aromatic N) is 1. The Labute approximate surface area is 129 Å². The Morgan fingerprint density at radius 2 is 2.10 bits per heavy atom. The number of hydrogen-bond acceptors (Lipinski definition) is 4. The Morgan fingerprint density at radius 1 is 1.29 bits per heavy atom. The third-order valence-electron chi connectivity index (χ3n) is 3.64. The Morgan fingerprint density at radius 3 is 2.71 bits per heavy atom. The van der Waals surface area contributed by atoms with Crippen LogP contribution in [0.1, 0.15) is 45.1 Å². The van der Waals surface area contributed by atoms with Gasteiger partial charge in [0.2, 0.25) is 0 Å². The minimum absolute atomic E-state index is 0.246. The van der Waals surface area contributed by atoms with Gasteiger partial charge in [-0.2, -0.15) is 0 Å². The van der Waals surface area contributed by atoms with Gasteiger partial charge in [-0.15, -0.1) is 0 Å². The molecule has 0 aliphatic rings. The van der Waals surface area contributed by atoms with Crippen molar-refractivity contribution in [2.24, 2.45) is 0 Å². The Bertz CT molecular complexity index is 474. The zero-order chi connectivity index (χ0) is 15.6. The molecule has 1 heterocycles. The molecule has 21 heavy (non-hydrogen) atoms. The number of aromatic nitrogens is 1. The van der Waals surface area contributed by atoms with Crippen LogP contribution in [0.2, 0.25) is 0 Å². The predicted molar refractivity (Wildman–Crippen MR) is 88.2 cm³/mol. The zero-order valence-corrected chi connectivity index (χ0v) is 14.0. The van der Waals surface area contributed by atoms with Crippen LogP contribution >= 0.6 is 0 Å². The van der Waals surface area contributed by atoms with Gasteiger partial charge in [0.1, 0.15) is 9.84 Å². The number of hydrogen-bond donors (Lipinski definition) is 1. The van der Waals surface area contributed by atoms with Crippen molar-refractivity contribution >= 4 is 9.84 Å². The standard InChI is InChI=1S/C16H28N2O2S/c1-3-11-18-16(8-6-13-21(19,20)4-2)10-9-15-7-5-12-17-14-15/h5,7,12,14,16,18H,3-4,6,8-11,13H2,1-2H3. The van der Waals surface area contributed by atoms with Crippen molar-refractivity contribution in [3.63, 3.8) is 0 Å². The van der Waals surface area contributed by atoms with E-state index in [9.17, 15) is 8.42 Å². The Hall–Kier alpha value is -0.940. The van der Waals surface area contributed by atoms with E-state index in [0.717, 1.165) is 38.6 Å². The van der Waals surface area contributed by atoms with Gasteiger partial charge in [0.25, 0.3) is 0 Å². The molecule has 5 heteroatoms. The molecule has 0 radical (unpaired) electrons. The van der Waals surface area contributed by atoms with Gasteiger partial charge in [-0.05, 0) is 50.3 Å². The van der Waals surface area contributed by atoms with Gasteiger partial charge in [0.15, 0.2) is 0 Å². The van der Waals surface area contributed by atoms with E-state index in [-0.39, 0.29) is 5.75 Å². The van der Waals surface area contributed by atoms with Crippen molar-refractivity contribution in [1.82, 2.24) is 10.3 Å². The van der Waals surface area contributed by atoms with Crippen molar-refractivity contribution in [1.29, 1.82) is 0 Å². The number of pyridine rings is 1. The van der Waals surface area contributed by atoms with Gasteiger partial charge in [0.05, 0.1) is 5.75 Å². The summed E-state index contributed by atoms with van der Waals surface area (Å²) in [5, 5.41) is 3.53. The highest BCUT2D eigenvalue weighted by Gasteiger charge is 2.12. The maximum Gasteiger partial charge on any atom is 0.150 e. The van der Waals surface area contributed by atoms with Crippen LogP contribution in [-0.2, 0) is 16.3 Å². The first-order valence-corrected chi connectivity index (χ1v) is 9.72. The van der Waals surface area contributed by atoms with E-state index < -0.39 is 9.84 Å². The summed E-state index contributed by atoms with van der Waals surface area (Å²) in [5.74, 6) is 0.552. The maximum absolute atomic E-state index is 11.5. The maximum atomic E-state index is 11.5. The van der Waals surface area contributed by atoms with Gasteiger partial charge < -0.3 is 5.32 Å². The molecule has 1 N–H and O–H groups in total. The molecule has 0 aliphatic heterocycles. The molecule has 0 aliphatic carbocycles. The second-order valence-corrected chi connectivity index (χ2v) is 7.90. The number of aryl methyl sites for hydroxylation is 1. The summed E-state index contributed by atoms with van der Waals surface area (Å²) in [6, 6.07) is 4.43. The fourth-order valence-electron chi connectivity index (χ4n) is 2.28. The molecule has 1 aromatic heterocycles.